The van der Waals surface area contributed by atoms with Crippen molar-refractivity contribution in [2.75, 3.05) is 19.6 Å². The number of aliphatic hydroxyl groups excluding tert-OH is 1. The third-order valence-electron chi connectivity index (χ3n) is 9.03. The molecule has 1 unspecified atom stereocenters. The number of hydrogen-bond acceptors (Lipinski definition) is 4. The van der Waals surface area contributed by atoms with Crippen molar-refractivity contribution in [3.05, 3.63) is 82.9 Å². The van der Waals surface area contributed by atoms with Crippen LogP contribution < -0.4 is 11.1 Å². The molecule has 2 aromatic carbocycles. The summed E-state index contributed by atoms with van der Waals surface area (Å²) in [5.41, 5.74) is 5.07. The molecule has 2 amide bonds. The van der Waals surface area contributed by atoms with Crippen LogP contribution in [0.3, 0.4) is 0 Å². The maximum absolute atomic E-state index is 14.5. The van der Waals surface area contributed by atoms with E-state index in [1.54, 1.807) is 11.0 Å². The van der Waals surface area contributed by atoms with Crippen molar-refractivity contribution in [2.45, 2.75) is 83.8 Å². The summed E-state index contributed by atoms with van der Waals surface area (Å²) in [4.78, 5) is 29.5. The highest BCUT2D eigenvalue weighted by atomic mass is 19.1. The zero-order valence-electron chi connectivity index (χ0n) is 25.1. The van der Waals surface area contributed by atoms with E-state index in [0.29, 0.717) is 32.5 Å². The van der Waals surface area contributed by atoms with Crippen LogP contribution >= 0.6 is 0 Å². The molecule has 2 aliphatic carbocycles. The van der Waals surface area contributed by atoms with Crippen molar-refractivity contribution < 1.29 is 23.5 Å². The van der Waals surface area contributed by atoms with Gasteiger partial charge in [-0.25, -0.2) is 8.78 Å². The molecule has 6 nitrogen and oxygen atoms in total. The zero-order valence-corrected chi connectivity index (χ0v) is 25.1. The first kappa shape index (κ1) is 31.8. The highest BCUT2D eigenvalue weighted by Crippen LogP contribution is 2.51. The largest absolute Gasteiger partial charge is 0.391 e. The average Bonchev–Trinajstić information content (AvgIpc) is 3.74. The Morgan fingerprint density at radius 2 is 1.67 bits per heavy atom. The number of aliphatic hydroxyl groups is 1. The van der Waals surface area contributed by atoms with E-state index in [4.69, 9.17) is 5.73 Å². The van der Waals surface area contributed by atoms with Gasteiger partial charge in [-0.1, -0.05) is 55.8 Å². The van der Waals surface area contributed by atoms with Crippen molar-refractivity contribution in [1.82, 2.24) is 10.2 Å². The second-order valence-corrected chi connectivity index (χ2v) is 12.4. The van der Waals surface area contributed by atoms with E-state index < -0.39 is 34.5 Å². The molecular weight excluding hydrogens is 536 g/mol. The van der Waals surface area contributed by atoms with Crippen LogP contribution in [0.1, 0.15) is 76.8 Å². The predicted molar refractivity (Wildman–Crippen MR) is 160 cm³/mol. The number of amides is 2. The zero-order chi connectivity index (χ0) is 30.5. The maximum Gasteiger partial charge on any atom is 0.231 e. The van der Waals surface area contributed by atoms with E-state index in [1.165, 1.54) is 5.56 Å². The molecule has 1 saturated carbocycles. The first-order valence-corrected chi connectivity index (χ1v) is 15.2. The highest BCUT2D eigenvalue weighted by molar-refractivity contribution is 5.90. The molecule has 3 atom stereocenters. The van der Waals surface area contributed by atoms with Crippen LogP contribution in [0.5, 0.6) is 0 Å². The molecule has 0 bridgehead atoms. The summed E-state index contributed by atoms with van der Waals surface area (Å²) >= 11 is 0. The van der Waals surface area contributed by atoms with Gasteiger partial charge in [0.25, 0.3) is 0 Å². The first-order chi connectivity index (χ1) is 20.0. The molecule has 0 radical (unpaired) electrons. The summed E-state index contributed by atoms with van der Waals surface area (Å²) in [5, 5.41) is 15.9. The van der Waals surface area contributed by atoms with Crippen LogP contribution in [-0.4, -0.2) is 47.6 Å². The van der Waals surface area contributed by atoms with Gasteiger partial charge in [0.1, 0.15) is 11.6 Å². The van der Waals surface area contributed by atoms with E-state index in [9.17, 15) is 23.5 Å². The molecule has 0 aliphatic heterocycles. The number of benzene rings is 2. The Bertz CT molecular complexity index is 1270. The van der Waals surface area contributed by atoms with E-state index >= 15 is 0 Å². The lowest BCUT2D eigenvalue weighted by atomic mass is 9.57. The standard InChI is InChI=1S/C34H45F2N3O3/c1-4-16-39(17-5-2)31(42)32(12-9-15-38-34(13-14-34)26-10-7-6-8-11-26)21-24(3)22-33(29(32)40,30(37)41)23-25-18-27(35)20-28(36)19-25/h6-8,10-11,18-20,22,29,38,40H,4-5,9,12-17,21,23H2,1-3H3,(H2,37,41)/t29-,32?,33-/m1/s1. The number of halogens is 2. The van der Waals surface area contributed by atoms with Crippen molar-refractivity contribution in [3.63, 3.8) is 0 Å². The fourth-order valence-electron chi connectivity index (χ4n) is 7.02. The molecule has 2 aliphatic rings. The third-order valence-corrected chi connectivity index (χ3v) is 9.03. The van der Waals surface area contributed by atoms with Gasteiger partial charge >= 0.3 is 0 Å². The normalized spacial score (nSPS) is 24.6. The third kappa shape index (κ3) is 6.45. The van der Waals surface area contributed by atoms with E-state index in [1.807, 2.05) is 39.0 Å². The number of allylic oxidation sites excluding steroid dienone is 1. The van der Waals surface area contributed by atoms with Crippen LogP contribution in [0.25, 0.3) is 0 Å². The Labute approximate surface area is 248 Å². The number of hydrogen-bond donors (Lipinski definition) is 3. The van der Waals surface area contributed by atoms with Gasteiger partial charge in [0.2, 0.25) is 11.8 Å². The summed E-state index contributed by atoms with van der Waals surface area (Å²) in [6.45, 7) is 7.50. The van der Waals surface area contributed by atoms with Crippen LogP contribution in [0.2, 0.25) is 0 Å². The maximum atomic E-state index is 14.5. The van der Waals surface area contributed by atoms with E-state index in [-0.39, 0.29) is 29.9 Å². The van der Waals surface area contributed by atoms with Gasteiger partial charge in [-0.15, -0.1) is 0 Å². The van der Waals surface area contributed by atoms with E-state index in [2.05, 4.69) is 17.4 Å². The predicted octanol–water partition coefficient (Wildman–Crippen LogP) is 5.38. The summed E-state index contributed by atoms with van der Waals surface area (Å²) in [6.07, 6.45) is 4.65. The Kier molecular flexibility index (Phi) is 9.88. The average molecular weight is 582 g/mol. The van der Waals surface area contributed by atoms with Crippen molar-refractivity contribution in [3.8, 4) is 0 Å². The topological polar surface area (TPSA) is 95.7 Å². The number of carbonyl (C=O) groups excluding carboxylic acids is 2. The van der Waals surface area contributed by atoms with E-state index in [0.717, 1.165) is 49.5 Å². The van der Waals surface area contributed by atoms with Crippen molar-refractivity contribution in [1.29, 1.82) is 0 Å². The highest BCUT2D eigenvalue weighted by Gasteiger charge is 2.59. The molecule has 8 heteroatoms. The van der Waals surface area contributed by atoms with Crippen molar-refractivity contribution >= 4 is 11.8 Å². The molecule has 0 aromatic heterocycles. The Hall–Kier alpha value is -3.10. The lowest BCUT2D eigenvalue weighted by Crippen LogP contribution is -2.62. The molecule has 0 saturated heterocycles. The fourth-order valence-corrected chi connectivity index (χ4v) is 7.02. The molecule has 42 heavy (non-hydrogen) atoms. The van der Waals surface area contributed by atoms with Crippen molar-refractivity contribution in [2.24, 2.45) is 16.6 Å². The second-order valence-electron chi connectivity index (χ2n) is 12.4. The molecule has 4 rings (SSSR count). The summed E-state index contributed by atoms with van der Waals surface area (Å²) < 4.78 is 28.3. The Morgan fingerprint density at radius 3 is 2.21 bits per heavy atom. The quantitative estimate of drug-likeness (QED) is 0.206. The molecule has 1 fully saturated rings. The minimum absolute atomic E-state index is 0.0751. The summed E-state index contributed by atoms with van der Waals surface area (Å²) in [7, 11) is 0. The fraction of sp³-hybridized carbons (Fsp3) is 0.529. The molecular formula is C34H45F2N3O3. The van der Waals surface area contributed by atoms with Crippen LogP contribution in [0.15, 0.2) is 60.2 Å². The number of nitrogens with two attached hydrogens (primary N) is 1. The summed E-state index contributed by atoms with van der Waals surface area (Å²) in [6, 6.07) is 13.3. The van der Waals surface area contributed by atoms with Gasteiger partial charge in [-0.2, -0.15) is 0 Å². The SMILES string of the molecule is CCCN(CCC)C(=O)C1(CCCNC2(c3ccccc3)CC2)CC(C)=C[C@](Cc2cc(F)cc(F)c2)(C(N)=O)[C@@H]1O. The number of carbonyl (C=O) groups is 2. The molecule has 228 valence electrons. The molecule has 0 spiro atoms. The lowest BCUT2D eigenvalue weighted by Gasteiger charge is -2.50. The number of nitrogens with one attached hydrogen (secondary N) is 1. The minimum atomic E-state index is -1.71. The van der Waals surface area contributed by atoms with Gasteiger partial charge in [-0.3, -0.25) is 9.59 Å². The number of nitrogens with zero attached hydrogens (tertiary/aromatic N) is 1. The van der Waals surface area contributed by atoms with Crippen LogP contribution in [0.4, 0.5) is 8.78 Å². The smallest absolute Gasteiger partial charge is 0.231 e. The van der Waals surface area contributed by atoms with Gasteiger partial charge in [0.05, 0.1) is 16.9 Å². The molecule has 4 N–H and O–H groups in total. The molecule has 2 aromatic rings. The van der Waals surface area contributed by atoms with Crippen LogP contribution in [-0.2, 0) is 21.5 Å². The van der Waals surface area contributed by atoms with Gasteiger partial charge in [0.15, 0.2) is 0 Å². The van der Waals surface area contributed by atoms with Crippen LogP contribution in [0, 0.1) is 22.5 Å². The van der Waals surface area contributed by atoms with Gasteiger partial charge in [0, 0.05) is 24.7 Å². The van der Waals surface area contributed by atoms with Gasteiger partial charge < -0.3 is 21.1 Å². The Balaban J connectivity index is 1.68. The Morgan fingerprint density at radius 1 is 1.05 bits per heavy atom. The minimum Gasteiger partial charge on any atom is -0.391 e. The number of primary amides is 1. The molecule has 0 heterocycles. The summed E-state index contributed by atoms with van der Waals surface area (Å²) in [5.74, 6) is -2.60. The second kappa shape index (κ2) is 13.0. The van der Waals surface area contributed by atoms with Gasteiger partial charge in [-0.05, 0) is 88.1 Å². The number of rotatable bonds is 14. The monoisotopic (exact) mass is 581 g/mol. The lowest BCUT2D eigenvalue weighted by molar-refractivity contribution is -0.162. The first-order valence-electron chi connectivity index (χ1n) is 15.2.